The Bertz CT molecular complexity index is 67.0. The molecule has 0 aliphatic heterocycles. The van der Waals surface area contributed by atoms with E-state index in [1.165, 1.54) is 0 Å². The van der Waals surface area contributed by atoms with Crippen molar-refractivity contribution in [1.29, 1.82) is 0 Å². The maximum absolute atomic E-state index is 8.16. The van der Waals surface area contributed by atoms with Crippen molar-refractivity contribution in [2.75, 3.05) is 0 Å². The maximum atomic E-state index is 8.16. The zero-order valence-electron chi connectivity index (χ0n) is 3.94. The van der Waals surface area contributed by atoms with Gasteiger partial charge in [0.15, 0.2) is 0 Å². The van der Waals surface area contributed by atoms with Crippen molar-refractivity contribution in [3.05, 3.63) is 0 Å². The molecule has 0 saturated carbocycles. The number of hydrogen-bond acceptors (Lipinski definition) is 6. The lowest BCUT2D eigenvalue weighted by Crippen LogP contribution is -2.67. The summed E-state index contributed by atoms with van der Waals surface area (Å²) in [7, 11) is 0. The number of rotatable bonds is 1. The molecule has 0 rings (SSSR count). The summed E-state index contributed by atoms with van der Waals surface area (Å²) < 4.78 is 0. The normalized spacial score (nSPS) is 14.2. The van der Waals surface area contributed by atoms with E-state index >= 15 is 0 Å². The molecule has 0 aromatic rings. The molecule has 0 unspecified atom stereocenters. The molecule has 0 bridgehead atoms. The molecule has 0 spiro atoms. The van der Waals surface area contributed by atoms with Crippen molar-refractivity contribution in [3.8, 4) is 0 Å². The molecule has 0 aromatic heterocycles. The zero-order valence-corrected chi connectivity index (χ0v) is 3.94. The topological polar surface area (TPSA) is 133 Å². The minimum atomic E-state index is -3.45. The molecule has 8 N–H and O–H groups in total. The largest absolute Gasteiger partial charge is 0.357 e. The molecule has 0 aliphatic carbocycles. The molecular formula is C2H8N2O4. The Kier molecular flexibility index (Phi) is 1.57. The quantitative estimate of drug-likeness (QED) is 0.198. The van der Waals surface area contributed by atoms with Gasteiger partial charge in [0, 0.05) is 0 Å². The van der Waals surface area contributed by atoms with E-state index in [1.54, 1.807) is 0 Å². The smallest absolute Gasteiger partial charge is 0.335 e. The van der Waals surface area contributed by atoms with Crippen LogP contribution in [0, 0.1) is 0 Å². The van der Waals surface area contributed by atoms with Crippen LogP contribution >= 0.6 is 0 Å². The first kappa shape index (κ1) is 7.76. The van der Waals surface area contributed by atoms with E-state index in [2.05, 4.69) is 11.5 Å². The Hall–Kier alpha value is -0.240. The molecule has 6 nitrogen and oxygen atoms in total. The lowest BCUT2D eigenvalue weighted by atomic mass is 10.4. The first-order valence-corrected chi connectivity index (χ1v) is 1.72. The summed E-state index contributed by atoms with van der Waals surface area (Å²) in [6, 6.07) is 0. The van der Waals surface area contributed by atoms with E-state index in [1.807, 2.05) is 0 Å². The van der Waals surface area contributed by atoms with Gasteiger partial charge >= 0.3 is 5.97 Å². The third-order valence-electron chi connectivity index (χ3n) is 0.537. The summed E-state index contributed by atoms with van der Waals surface area (Å²) >= 11 is 0. The number of hydrogen-bond donors (Lipinski definition) is 6. The van der Waals surface area contributed by atoms with Crippen LogP contribution in [0.4, 0.5) is 0 Å². The molecule has 0 fully saturated rings. The second-order valence-corrected chi connectivity index (χ2v) is 1.46. The maximum Gasteiger partial charge on any atom is 0.335 e. The molecule has 0 heterocycles. The van der Waals surface area contributed by atoms with Gasteiger partial charge in [0.05, 0.1) is 0 Å². The van der Waals surface area contributed by atoms with E-state index in [0.29, 0.717) is 0 Å². The Morgan fingerprint density at radius 1 is 0.875 bits per heavy atom. The lowest BCUT2D eigenvalue weighted by Gasteiger charge is -2.26. The average molecular weight is 124 g/mol. The molecule has 8 heavy (non-hydrogen) atoms. The van der Waals surface area contributed by atoms with Crippen LogP contribution in [0.25, 0.3) is 0 Å². The van der Waals surface area contributed by atoms with Gasteiger partial charge in [0.2, 0.25) is 0 Å². The van der Waals surface area contributed by atoms with Crippen molar-refractivity contribution in [2.24, 2.45) is 11.5 Å². The average Bonchev–Trinajstić information content (AvgIpc) is 1.25. The van der Waals surface area contributed by atoms with E-state index in [9.17, 15) is 0 Å². The van der Waals surface area contributed by atoms with Gasteiger partial charge in [-0.15, -0.1) is 0 Å². The van der Waals surface area contributed by atoms with Crippen molar-refractivity contribution in [2.45, 2.75) is 11.8 Å². The van der Waals surface area contributed by atoms with Crippen LogP contribution in [0.5, 0.6) is 0 Å². The minimum Gasteiger partial charge on any atom is -0.357 e. The third kappa shape index (κ3) is 1.70. The first-order valence-electron chi connectivity index (χ1n) is 1.72. The molecular weight excluding hydrogens is 116 g/mol. The van der Waals surface area contributed by atoms with Gasteiger partial charge in [-0.1, -0.05) is 0 Å². The van der Waals surface area contributed by atoms with E-state index in [-0.39, 0.29) is 0 Å². The summed E-state index contributed by atoms with van der Waals surface area (Å²) in [5, 5.41) is 32.1. The molecule has 0 radical (unpaired) electrons. The Balaban J connectivity index is 4.02. The van der Waals surface area contributed by atoms with Crippen LogP contribution in [0.2, 0.25) is 0 Å². The van der Waals surface area contributed by atoms with Crippen molar-refractivity contribution >= 4 is 0 Å². The molecule has 0 saturated heterocycles. The summed E-state index contributed by atoms with van der Waals surface area (Å²) in [5.74, 6) is -6.35. The second-order valence-electron chi connectivity index (χ2n) is 1.46. The number of nitrogens with two attached hydrogens (primary N) is 2. The summed E-state index contributed by atoms with van der Waals surface area (Å²) in [5.41, 5.74) is 8.79. The standard InChI is InChI=1S/C2H8N2O4/c3-1(4,5)2(6,7)8/h5-8H,3-4H2. The van der Waals surface area contributed by atoms with Gasteiger partial charge in [-0.2, -0.15) is 0 Å². The van der Waals surface area contributed by atoms with Gasteiger partial charge < -0.3 is 20.4 Å². The van der Waals surface area contributed by atoms with Crippen LogP contribution in [0.3, 0.4) is 0 Å². The van der Waals surface area contributed by atoms with Crippen molar-refractivity contribution < 1.29 is 20.4 Å². The van der Waals surface area contributed by atoms with E-state index < -0.39 is 11.8 Å². The summed E-state index contributed by atoms with van der Waals surface area (Å²) in [6.45, 7) is 0. The monoisotopic (exact) mass is 124 g/mol. The highest BCUT2D eigenvalue weighted by Gasteiger charge is 2.40. The van der Waals surface area contributed by atoms with Crippen LogP contribution in [0.1, 0.15) is 0 Å². The molecule has 6 heteroatoms. The molecule has 0 amide bonds. The summed E-state index contributed by atoms with van der Waals surface area (Å²) in [6.07, 6.45) is 0. The fraction of sp³-hybridized carbons (Fsp3) is 1.00. The SMILES string of the molecule is NC(N)(O)C(O)(O)O. The third-order valence-corrected chi connectivity index (χ3v) is 0.537. The summed E-state index contributed by atoms with van der Waals surface area (Å²) in [4.78, 5) is 0. The van der Waals surface area contributed by atoms with E-state index in [4.69, 9.17) is 20.4 Å². The molecule has 0 atom stereocenters. The Morgan fingerprint density at radius 2 is 1.00 bits per heavy atom. The van der Waals surface area contributed by atoms with Gasteiger partial charge in [0.1, 0.15) is 0 Å². The van der Waals surface area contributed by atoms with Crippen molar-refractivity contribution in [1.82, 2.24) is 0 Å². The Morgan fingerprint density at radius 3 is 1.00 bits per heavy atom. The highest BCUT2D eigenvalue weighted by atomic mass is 16.7. The molecule has 0 aromatic carbocycles. The Labute approximate surface area is 45.0 Å². The van der Waals surface area contributed by atoms with Crippen LogP contribution in [-0.2, 0) is 0 Å². The van der Waals surface area contributed by atoms with E-state index in [0.717, 1.165) is 0 Å². The minimum absolute atomic E-state index is 2.90. The fourth-order valence-corrected chi connectivity index (χ4v) is 0. The van der Waals surface area contributed by atoms with Gasteiger partial charge in [-0.25, -0.2) is 0 Å². The predicted molar refractivity (Wildman–Crippen MR) is 22.7 cm³/mol. The van der Waals surface area contributed by atoms with Gasteiger partial charge in [-0.3, -0.25) is 11.5 Å². The zero-order chi connectivity index (χ0) is 7.00. The van der Waals surface area contributed by atoms with Crippen molar-refractivity contribution in [3.63, 3.8) is 0 Å². The van der Waals surface area contributed by atoms with Crippen LogP contribution in [0.15, 0.2) is 0 Å². The molecule has 50 valence electrons. The highest BCUT2D eigenvalue weighted by molar-refractivity contribution is 4.68. The number of aliphatic hydroxyl groups is 4. The van der Waals surface area contributed by atoms with Gasteiger partial charge in [-0.05, 0) is 0 Å². The second kappa shape index (κ2) is 1.62. The van der Waals surface area contributed by atoms with Gasteiger partial charge in [0.25, 0.3) is 5.85 Å². The molecule has 0 aliphatic rings. The predicted octanol–water partition coefficient (Wildman–Crippen LogP) is -3.82. The van der Waals surface area contributed by atoms with Crippen LogP contribution in [-0.4, -0.2) is 32.2 Å². The fourth-order valence-electron chi connectivity index (χ4n) is 0. The first-order chi connectivity index (χ1) is 3.25. The lowest BCUT2D eigenvalue weighted by molar-refractivity contribution is -0.388. The van der Waals surface area contributed by atoms with Crippen LogP contribution < -0.4 is 11.5 Å². The highest BCUT2D eigenvalue weighted by Crippen LogP contribution is 2.01.